The molecule has 3 atom stereocenters. The summed E-state index contributed by atoms with van der Waals surface area (Å²) in [5.74, 6) is -2.28. The molecule has 0 nitrogen and oxygen atoms in total. The fourth-order valence-electron chi connectivity index (χ4n) is 4.98. The molecule has 2 aliphatic rings. The Morgan fingerprint density at radius 1 is 0.926 bits per heavy atom. The van der Waals surface area contributed by atoms with Crippen molar-refractivity contribution in [1.82, 2.24) is 0 Å². The molecule has 0 radical (unpaired) electrons. The first-order chi connectivity index (χ1) is 13.0. The molecule has 0 aliphatic heterocycles. The molecule has 0 spiro atoms. The fraction of sp³-hybridized carbons (Fsp3) is 0.391. The average Bonchev–Trinajstić information content (AvgIpc) is 2.64. The molecular weight excluding hydrogens is 352 g/mol. The van der Waals surface area contributed by atoms with Crippen molar-refractivity contribution in [2.75, 3.05) is 0 Å². The molecule has 0 N–H and O–H groups in total. The van der Waals surface area contributed by atoms with Gasteiger partial charge in [-0.2, -0.15) is 0 Å². The summed E-state index contributed by atoms with van der Waals surface area (Å²) in [4.78, 5) is 0. The van der Waals surface area contributed by atoms with Gasteiger partial charge in [0.05, 0.1) is 5.56 Å². The summed E-state index contributed by atoms with van der Waals surface area (Å²) >= 11 is 0. The van der Waals surface area contributed by atoms with Gasteiger partial charge in [0.15, 0.2) is 11.6 Å². The SMILES string of the molecule is C/C=C/C1CCC2c3cc(F)c(-c4ccc(F)c(F)c4)c(F)c3CCC2C1. The molecule has 0 amide bonds. The van der Waals surface area contributed by atoms with Crippen LogP contribution in [0.4, 0.5) is 17.6 Å². The van der Waals surface area contributed by atoms with E-state index in [0.717, 1.165) is 43.4 Å². The molecule has 27 heavy (non-hydrogen) atoms. The number of rotatable bonds is 2. The molecule has 1 fully saturated rings. The van der Waals surface area contributed by atoms with Crippen molar-refractivity contribution in [2.45, 2.75) is 44.9 Å². The van der Waals surface area contributed by atoms with Crippen LogP contribution in [-0.2, 0) is 6.42 Å². The lowest BCUT2D eigenvalue weighted by molar-refractivity contribution is 0.234. The van der Waals surface area contributed by atoms with Gasteiger partial charge in [-0.3, -0.25) is 0 Å². The monoisotopic (exact) mass is 374 g/mol. The largest absolute Gasteiger partial charge is 0.206 e. The molecule has 0 aromatic heterocycles. The Morgan fingerprint density at radius 3 is 2.48 bits per heavy atom. The molecule has 0 bridgehead atoms. The number of halogens is 4. The molecule has 4 heteroatoms. The predicted molar refractivity (Wildman–Crippen MR) is 98.4 cm³/mol. The van der Waals surface area contributed by atoms with Gasteiger partial charge in [-0.05, 0) is 91.7 Å². The summed E-state index contributed by atoms with van der Waals surface area (Å²) in [7, 11) is 0. The van der Waals surface area contributed by atoms with E-state index in [1.165, 1.54) is 12.1 Å². The van der Waals surface area contributed by atoms with Gasteiger partial charge in [-0.1, -0.05) is 18.2 Å². The van der Waals surface area contributed by atoms with Gasteiger partial charge in [-0.15, -0.1) is 0 Å². The smallest absolute Gasteiger partial charge is 0.159 e. The van der Waals surface area contributed by atoms with Crippen molar-refractivity contribution in [3.63, 3.8) is 0 Å². The van der Waals surface area contributed by atoms with Gasteiger partial charge < -0.3 is 0 Å². The second-order valence-corrected chi connectivity index (χ2v) is 7.75. The first-order valence-electron chi connectivity index (χ1n) is 9.58. The number of hydrogen-bond acceptors (Lipinski definition) is 0. The van der Waals surface area contributed by atoms with Gasteiger partial charge in [0.2, 0.25) is 0 Å². The van der Waals surface area contributed by atoms with Gasteiger partial charge in [0, 0.05) is 0 Å². The first-order valence-corrected chi connectivity index (χ1v) is 9.58. The summed E-state index contributed by atoms with van der Waals surface area (Å²) in [5, 5.41) is 0. The molecule has 2 aromatic rings. The van der Waals surface area contributed by atoms with Crippen LogP contribution in [0.2, 0.25) is 0 Å². The Hall–Kier alpha value is -2.10. The highest BCUT2D eigenvalue weighted by molar-refractivity contribution is 5.67. The Kier molecular flexibility index (Phi) is 4.83. The van der Waals surface area contributed by atoms with E-state index in [-0.39, 0.29) is 17.0 Å². The maximum absolute atomic E-state index is 15.2. The molecule has 142 valence electrons. The third-order valence-corrected chi connectivity index (χ3v) is 6.21. The minimum atomic E-state index is -1.11. The summed E-state index contributed by atoms with van der Waals surface area (Å²) in [6.07, 6.45) is 8.76. The predicted octanol–water partition coefficient (Wildman–Crippen LogP) is 6.93. The van der Waals surface area contributed by atoms with Crippen LogP contribution in [0.15, 0.2) is 36.4 Å². The summed E-state index contributed by atoms with van der Waals surface area (Å²) < 4.78 is 56.8. The highest BCUT2D eigenvalue weighted by atomic mass is 19.2. The van der Waals surface area contributed by atoms with E-state index < -0.39 is 23.3 Å². The van der Waals surface area contributed by atoms with Crippen LogP contribution in [-0.4, -0.2) is 0 Å². The lowest BCUT2D eigenvalue weighted by Crippen LogP contribution is -2.28. The highest BCUT2D eigenvalue weighted by Gasteiger charge is 2.37. The summed E-state index contributed by atoms with van der Waals surface area (Å²) in [6.45, 7) is 2.02. The van der Waals surface area contributed by atoms with Gasteiger partial charge >= 0.3 is 0 Å². The van der Waals surface area contributed by atoms with E-state index in [2.05, 4.69) is 12.2 Å². The van der Waals surface area contributed by atoms with Crippen LogP contribution >= 0.6 is 0 Å². The van der Waals surface area contributed by atoms with E-state index in [1.54, 1.807) is 0 Å². The minimum Gasteiger partial charge on any atom is -0.206 e. The molecule has 2 aromatic carbocycles. The summed E-state index contributed by atoms with van der Waals surface area (Å²) in [6, 6.07) is 4.42. The van der Waals surface area contributed by atoms with Crippen molar-refractivity contribution in [3.8, 4) is 11.1 Å². The topological polar surface area (TPSA) is 0 Å². The van der Waals surface area contributed by atoms with E-state index in [4.69, 9.17) is 0 Å². The minimum absolute atomic E-state index is 0.0330. The third kappa shape index (κ3) is 3.19. The van der Waals surface area contributed by atoms with Crippen LogP contribution < -0.4 is 0 Å². The molecule has 3 unspecified atom stereocenters. The standard InChI is InChI=1S/C23H22F4/c1-2-3-13-4-7-16-14(10-13)5-8-17-18(16)12-21(26)22(23(17)27)15-6-9-19(24)20(25)11-15/h2-3,6,9,11-14,16H,4-5,7-8,10H2,1H3/b3-2+. The quantitative estimate of drug-likeness (QED) is 0.395. The zero-order valence-electron chi connectivity index (χ0n) is 15.2. The number of fused-ring (bicyclic) bond motifs is 3. The van der Waals surface area contributed by atoms with E-state index in [9.17, 15) is 13.2 Å². The van der Waals surface area contributed by atoms with Crippen molar-refractivity contribution in [1.29, 1.82) is 0 Å². The Balaban J connectivity index is 1.74. The Bertz CT molecular complexity index is 900. The van der Waals surface area contributed by atoms with Crippen molar-refractivity contribution in [2.24, 2.45) is 11.8 Å². The average molecular weight is 374 g/mol. The first kappa shape index (κ1) is 18.3. The fourth-order valence-corrected chi connectivity index (χ4v) is 4.98. The van der Waals surface area contributed by atoms with Crippen LogP contribution in [0.1, 0.15) is 49.7 Å². The van der Waals surface area contributed by atoms with Crippen molar-refractivity contribution < 1.29 is 17.6 Å². The zero-order chi connectivity index (χ0) is 19.1. The molecule has 1 saturated carbocycles. The van der Waals surface area contributed by atoms with Crippen LogP contribution in [0.5, 0.6) is 0 Å². The molecule has 0 heterocycles. The van der Waals surface area contributed by atoms with Crippen molar-refractivity contribution in [3.05, 3.63) is 70.8 Å². The highest BCUT2D eigenvalue weighted by Crippen LogP contribution is 2.49. The van der Waals surface area contributed by atoms with Gasteiger partial charge in [0.25, 0.3) is 0 Å². The normalized spacial score (nSPS) is 24.7. The lowest BCUT2D eigenvalue weighted by atomic mass is 9.65. The van der Waals surface area contributed by atoms with E-state index >= 15 is 4.39 Å². The zero-order valence-corrected chi connectivity index (χ0v) is 15.2. The van der Waals surface area contributed by atoms with Crippen LogP contribution in [0, 0.1) is 35.1 Å². The van der Waals surface area contributed by atoms with Crippen LogP contribution in [0.3, 0.4) is 0 Å². The lowest BCUT2D eigenvalue weighted by Gasteiger charge is -2.40. The Morgan fingerprint density at radius 2 is 1.74 bits per heavy atom. The maximum Gasteiger partial charge on any atom is 0.159 e. The van der Waals surface area contributed by atoms with E-state index in [0.29, 0.717) is 23.8 Å². The van der Waals surface area contributed by atoms with Gasteiger partial charge in [-0.25, -0.2) is 17.6 Å². The second kappa shape index (κ2) is 7.14. The van der Waals surface area contributed by atoms with Crippen LogP contribution in [0.25, 0.3) is 11.1 Å². The van der Waals surface area contributed by atoms with Crippen molar-refractivity contribution >= 4 is 0 Å². The number of benzene rings is 2. The molecule has 0 saturated heterocycles. The third-order valence-electron chi connectivity index (χ3n) is 6.21. The molecule has 2 aliphatic carbocycles. The Labute approximate surface area is 156 Å². The van der Waals surface area contributed by atoms with Gasteiger partial charge in [0.1, 0.15) is 11.6 Å². The second-order valence-electron chi connectivity index (χ2n) is 7.75. The maximum atomic E-state index is 15.2. The molecular formula is C23H22F4. The summed E-state index contributed by atoms with van der Waals surface area (Å²) in [5.41, 5.74) is 1.09. The number of hydrogen-bond donors (Lipinski definition) is 0. The van der Waals surface area contributed by atoms with E-state index in [1.807, 2.05) is 6.92 Å². The molecule has 4 rings (SSSR count). The number of allylic oxidation sites excluding steroid dienone is 2.